The summed E-state index contributed by atoms with van der Waals surface area (Å²) in [4.78, 5) is 0.240. The second kappa shape index (κ2) is 5.78. The van der Waals surface area contributed by atoms with Crippen LogP contribution >= 0.6 is 15.9 Å². The highest BCUT2D eigenvalue weighted by atomic mass is 79.9. The molecule has 7 heteroatoms. The average Bonchev–Trinajstić information content (AvgIpc) is 2.38. The fraction of sp³-hybridized carbons (Fsp3) is 0.500. The van der Waals surface area contributed by atoms with Crippen LogP contribution in [0.3, 0.4) is 0 Å². The number of aliphatic hydroxyl groups is 1. The van der Waals surface area contributed by atoms with Crippen molar-refractivity contribution < 1.29 is 13.5 Å². The maximum atomic E-state index is 12.5. The van der Waals surface area contributed by atoms with E-state index >= 15 is 0 Å². The Labute approximate surface area is 121 Å². The zero-order chi connectivity index (χ0) is 14.0. The second-order valence-corrected chi connectivity index (χ2v) is 7.48. The maximum absolute atomic E-state index is 12.5. The van der Waals surface area contributed by atoms with Crippen molar-refractivity contribution >= 4 is 31.6 Å². The molecular weight excluding hydrogens is 332 g/mol. The molecule has 1 aliphatic heterocycles. The molecule has 2 rings (SSSR count). The Bertz CT molecular complexity index is 554. The van der Waals surface area contributed by atoms with Crippen LogP contribution in [0.2, 0.25) is 0 Å². The van der Waals surface area contributed by atoms with Crippen LogP contribution < -0.4 is 5.73 Å². The van der Waals surface area contributed by atoms with Crippen LogP contribution in [0.5, 0.6) is 0 Å². The molecule has 1 fully saturated rings. The van der Waals surface area contributed by atoms with Gasteiger partial charge in [0.15, 0.2) is 0 Å². The molecule has 1 heterocycles. The van der Waals surface area contributed by atoms with Gasteiger partial charge in [-0.25, -0.2) is 8.42 Å². The van der Waals surface area contributed by atoms with Crippen LogP contribution in [0.15, 0.2) is 27.6 Å². The van der Waals surface area contributed by atoms with E-state index < -0.39 is 10.0 Å². The van der Waals surface area contributed by atoms with Gasteiger partial charge in [-0.3, -0.25) is 0 Å². The average molecular weight is 349 g/mol. The second-order valence-electron chi connectivity index (χ2n) is 4.72. The topological polar surface area (TPSA) is 83.6 Å². The van der Waals surface area contributed by atoms with E-state index in [2.05, 4.69) is 15.9 Å². The molecule has 0 amide bonds. The molecule has 106 valence electrons. The SMILES string of the molecule is Nc1ccc(S(=O)(=O)N2CCC(CO)CC2)c(Br)c1. The number of halogens is 1. The first-order valence-electron chi connectivity index (χ1n) is 6.11. The van der Waals surface area contributed by atoms with Gasteiger partial charge in [0.05, 0.1) is 4.90 Å². The van der Waals surface area contributed by atoms with E-state index in [4.69, 9.17) is 10.8 Å². The molecule has 0 aromatic heterocycles. The van der Waals surface area contributed by atoms with Crippen molar-refractivity contribution in [2.75, 3.05) is 25.4 Å². The highest BCUT2D eigenvalue weighted by molar-refractivity contribution is 9.10. The van der Waals surface area contributed by atoms with Crippen LogP contribution in [0.4, 0.5) is 5.69 Å². The standard InChI is InChI=1S/C12H17BrN2O3S/c13-11-7-10(14)1-2-12(11)19(17,18)15-5-3-9(8-16)4-6-15/h1-2,7,9,16H,3-6,8,14H2. The van der Waals surface area contributed by atoms with Crippen LogP contribution in [0, 0.1) is 5.92 Å². The Morgan fingerprint density at radius 2 is 2.00 bits per heavy atom. The zero-order valence-electron chi connectivity index (χ0n) is 10.4. The van der Waals surface area contributed by atoms with E-state index in [-0.39, 0.29) is 17.4 Å². The van der Waals surface area contributed by atoms with Crippen molar-refractivity contribution in [2.45, 2.75) is 17.7 Å². The minimum Gasteiger partial charge on any atom is -0.399 e. The Balaban J connectivity index is 2.23. The molecule has 1 aromatic rings. The number of piperidine rings is 1. The van der Waals surface area contributed by atoms with Gasteiger partial charge >= 0.3 is 0 Å². The largest absolute Gasteiger partial charge is 0.399 e. The number of aliphatic hydroxyl groups excluding tert-OH is 1. The summed E-state index contributed by atoms with van der Waals surface area (Å²) >= 11 is 3.25. The molecule has 3 N–H and O–H groups in total. The van der Waals surface area contributed by atoms with Gasteiger partial charge in [-0.05, 0) is 52.9 Å². The number of nitrogens with zero attached hydrogens (tertiary/aromatic N) is 1. The van der Waals surface area contributed by atoms with Gasteiger partial charge in [-0.15, -0.1) is 0 Å². The number of anilines is 1. The summed E-state index contributed by atoms with van der Waals surface area (Å²) in [5, 5.41) is 9.08. The summed E-state index contributed by atoms with van der Waals surface area (Å²) < 4.78 is 27.0. The number of benzene rings is 1. The minimum absolute atomic E-state index is 0.124. The third kappa shape index (κ3) is 3.10. The number of nitrogens with two attached hydrogens (primary N) is 1. The summed E-state index contributed by atoms with van der Waals surface area (Å²) in [5.41, 5.74) is 6.14. The zero-order valence-corrected chi connectivity index (χ0v) is 12.8. The molecular formula is C12H17BrN2O3S. The summed E-state index contributed by atoms with van der Waals surface area (Å²) in [6.45, 7) is 1.02. The van der Waals surface area contributed by atoms with Gasteiger partial charge in [0, 0.05) is 29.9 Å². The molecule has 1 aromatic carbocycles. The van der Waals surface area contributed by atoms with Crippen LogP contribution in [0.1, 0.15) is 12.8 Å². The Morgan fingerprint density at radius 1 is 1.37 bits per heavy atom. The van der Waals surface area contributed by atoms with Crippen molar-refractivity contribution in [1.29, 1.82) is 0 Å². The summed E-state index contributed by atoms with van der Waals surface area (Å²) in [6.07, 6.45) is 1.39. The van der Waals surface area contributed by atoms with E-state index in [1.807, 2.05) is 0 Å². The van der Waals surface area contributed by atoms with Gasteiger partial charge in [-0.2, -0.15) is 4.31 Å². The normalized spacial score (nSPS) is 18.6. The van der Waals surface area contributed by atoms with Gasteiger partial charge < -0.3 is 10.8 Å². The summed E-state index contributed by atoms with van der Waals surface area (Å²) in [7, 11) is -3.49. The molecule has 0 spiro atoms. The highest BCUT2D eigenvalue weighted by Gasteiger charge is 2.30. The van der Waals surface area contributed by atoms with Gasteiger partial charge in [0.1, 0.15) is 0 Å². The molecule has 1 saturated heterocycles. The van der Waals surface area contributed by atoms with Crippen molar-refractivity contribution in [2.24, 2.45) is 5.92 Å². The minimum atomic E-state index is -3.49. The van der Waals surface area contributed by atoms with Crippen molar-refractivity contribution in [3.63, 3.8) is 0 Å². The summed E-state index contributed by atoms with van der Waals surface area (Å²) in [5.74, 6) is 0.210. The molecule has 0 bridgehead atoms. The molecule has 0 atom stereocenters. The molecule has 1 aliphatic rings. The third-order valence-electron chi connectivity index (χ3n) is 3.41. The number of sulfonamides is 1. The highest BCUT2D eigenvalue weighted by Crippen LogP contribution is 2.29. The molecule has 5 nitrogen and oxygen atoms in total. The Kier molecular flexibility index (Phi) is 4.50. The van der Waals surface area contributed by atoms with E-state index in [9.17, 15) is 8.42 Å². The van der Waals surface area contributed by atoms with Crippen LogP contribution in [-0.4, -0.2) is 37.5 Å². The first-order chi connectivity index (χ1) is 8.95. The molecule has 0 radical (unpaired) electrons. The summed E-state index contributed by atoms with van der Waals surface area (Å²) in [6, 6.07) is 4.69. The van der Waals surface area contributed by atoms with Crippen LogP contribution in [0.25, 0.3) is 0 Å². The lowest BCUT2D eigenvalue weighted by molar-refractivity contribution is 0.170. The van der Waals surface area contributed by atoms with E-state index in [1.165, 1.54) is 10.4 Å². The van der Waals surface area contributed by atoms with Crippen LogP contribution in [-0.2, 0) is 10.0 Å². The van der Waals surface area contributed by atoms with Crippen molar-refractivity contribution in [1.82, 2.24) is 4.31 Å². The lowest BCUT2D eigenvalue weighted by atomic mass is 10.00. The Morgan fingerprint density at radius 3 is 2.53 bits per heavy atom. The van der Waals surface area contributed by atoms with Crippen molar-refractivity contribution in [3.05, 3.63) is 22.7 Å². The molecule has 19 heavy (non-hydrogen) atoms. The van der Waals surface area contributed by atoms with Gasteiger partial charge in [-0.1, -0.05) is 0 Å². The number of rotatable bonds is 3. The lowest BCUT2D eigenvalue weighted by Crippen LogP contribution is -2.39. The molecule has 0 aliphatic carbocycles. The maximum Gasteiger partial charge on any atom is 0.244 e. The predicted octanol–water partition coefficient (Wildman–Crippen LogP) is 1.42. The fourth-order valence-electron chi connectivity index (χ4n) is 2.20. The van der Waals surface area contributed by atoms with Gasteiger partial charge in [0.25, 0.3) is 0 Å². The van der Waals surface area contributed by atoms with E-state index in [1.54, 1.807) is 12.1 Å². The quantitative estimate of drug-likeness (QED) is 0.809. The van der Waals surface area contributed by atoms with E-state index in [0.717, 1.165) is 0 Å². The fourth-order valence-corrected chi connectivity index (χ4v) is 4.72. The monoisotopic (exact) mass is 348 g/mol. The molecule has 0 unspecified atom stereocenters. The lowest BCUT2D eigenvalue weighted by Gasteiger charge is -2.30. The molecule has 0 saturated carbocycles. The number of nitrogen functional groups attached to an aromatic ring is 1. The first-order valence-corrected chi connectivity index (χ1v) is 8.34. The Hall–Kier alpha value is -0.630. The number of hydrogen-bond acceptors (Lipinski definition) is 4. The predicted molar refractivity (Wildman–Crippen MR) is 77.1 cm³/mol. The first kappa shape index (κ1) is 14.8. The van der Waals surface area contributed by atoms with Crippen molar-refractivity contribution in [3.8, 4) is 0 Å². The van der Waals surface area contributed by atoms with E-state index in [0.29, 0.717) is 36.1 Å². The smallest absolute Gasteiger partial charge is 0.244 e. The number of hydrogen-bond donors (Lipinski definition) is 2. The van der Waals surface area contributed by atoms with Gasteiger partial charge in [0.2, 0.25) is 10.0 Å². The third-order valence-corrected chi connectivity index (χ3v) is 6.28.